The Morgan fingerprint density at radius 2 is 2.14 bits per heavy atom. The lowest BCUT2D eigenvalue weighted by atomic mass is 10.0. The predicted molar refractivity (Wildman–Crippen MR) is 80.6 cm³/mol. The SMILES string of the molecule is CCCCCCc1ccc2c(c1)NC(=O)/C2=N/NC(=O)O. The number of anilines is 1. The number of hydrogen-bond donors (Lipinski definition) is 3. The minimum Gasteiger partial charge on any atom is -0.464 e. The number of carbonyl (C=O) groups excluding carboxylic acids is 1. The van der Waals surface area contributed by atoms with Crippen molar-refractivity contribution in [3.8, 4) is 0 Å². The Bertz CT molecular complexity index is 582. The molecule has 6 heteroatoms. The third-order valence-corrected chi connectivity index (χ3v) is 3.38. The minimum atomic E-state index is -1.30. The number of amides is 2. The van der Waals surface area contributed by atoms with Gasteiger partial charge >= 0.3 is 6.09 Å². The van der Waals surface area contributed by atoms with E-state index in [0.717, 1.165) is 18.4 Å². The van der Waals surface area contributed by atoms with Crippen LogP contribution in [0.1, 0.15) is 43.7 Å². The summed E-state index contributed by atoms with van der Waals surface area (Å²) in [5.74, 6) is -0.387. The van der Waals surface area contributed by atoms with Crippen LogP contribution in [-0.2, 0) is 11.2 Å². The molecule has 21 heavy (non-hydrogen) atoms. The molecule has 0 atom stereocenters. The lowest BCUT2D eigenvalue weighted by Crippen LogP contribution is -2.21. The highest BCUT2D eigenvalue weighted by Crippen LogP contribution is 2.25. The zero-order chi connectivity index (χ0) is 15.2. The molecular formula is C15H19N3O3. The number of aryl methyl sites for hydroxylation is 1. The summed E-state index contributed by atoms with van der Waals surface area (Å²) >= 11 is 0. The molecule has 112 valence electrons. The highest BCUT2D eigenvalue weighted by atomic mass is 16.4. The van der Waals surface area contributed by atoms with Crippen molar-refractivity contribution < 1.29 is 14.7 Å². The van der Waals surface area contributed by atoms with Crippen LogP contribution in [-0.4, -0.2) is 22.8 Å². The maximum absolute atomic E-state index is 11.8. The summed E-state index contributed by atoms with van der Waals surface area (Å²) < 4.78 is 0. The zero-order valence-electron chi connectivity index (χ0n) is 12.0. The van der Waals surface area contributed by atoms with E-state index in [2.05, 4.69) is 17.3 Å². The van der Waals surface area contributed by atoms with Gasteiger partial charge in [-0.05, 0) is 24.5 Å². The molecule has 2 amide bonds. The van der Waals surface area contributed by atoms with E-state index < -0.39 is 6.09 Å². The number of hydrazone groups is 1. The predicted octanol–water partition coefficient (Wildman–Crippen LogP) is 2.73. The van der Waals surface area contributed by atoms with Crippen LogP contribution in [0.3, 0.4) is 0 Å². The van der Waals surface area contributed by atoms with Crippen molar-refractivity contribution in [1.29, 1.82) is 0 Å². The summed E-state index contributed by atoms with van der Waals surface area (Å²) in [7, 11) is 0. The van der Waals surface area contributed by atoms with Crippen LogP contribution >= 0.6 is 0 Å². The van der Waals surface area contributed by atoms with Crippen LogP contribution in [0.4, 0.5) is 10.5 Å². The van der Waals surface area contributed by atoms with Crippen molar-refractivity contribution in [1.82, 2.24) is 5.43 Å². The van der Waals surface area contributed by atoms with Crippen LogP contribution in [0, 0.1) is 0 Å². The van der Waals surface area contributed by atoms with Crippen molar-refractivity contribution in [2.75, 3.05) is 5.32 Å². The molecule has 0 aliphatic carbocycles. The molecular weight excluding hydrogens is 270 g/mol. The van der Waals surface area contributed by atoms with Gasteiger partial charge < -0.3 is 10.4 Å². The van der Waals surface area contributed by atoms with Gasteiger partial charge in [-0.1, -0.05) is 38.3 Å². The van der Waals surface area contributed by atoms with Gasteiger partial charge in [-0.3, -0.25) is 4.79 Å². The average molecular weight is 289 g/mol. The summed E-state index contributed by atoms with van der Waals surface area (Å²) in [6.45, 7) is 2.18. The molecule has 0 saturated carbocycles. The van der Waals surface area contributed by atoms with Gasteiger partial charge in [-0.2, -0.15) is 5.10 Å². The Balaban J connectivity index is 2.08. The van der Waals surface area contributed by atoms with E-state index in [1.54, 1.807) is 0 Å². The van der Waals surface area contributed by atoms with Crippen LogP contribution in [0.25, 0.3) is 0 Å². The quantitative estimate of drug-likeness (QED) is 0.555. The van der Waals surface area contributed by atoms with Crippen LogP contribution in [0.2, 0.25) is 0 Å². The average Bonchev–Trinajstić information content (AvgIpc) is 2.76. The van der Waals surface area contributed by atoms with E-state index in [1.165, 1.54) is 19.3 Å². The standard InChI is InChI=1S/C15H19N3O3/c1-2-3-4-5-6-10-7-8-11-12(9-10)16-14(19)13(11)17-18-15(20)21/h7-9,18H,2-6H2,1H3,(H,20,21)(H,16,17,19). The Morgan fingerprint density at radius 1 is 1.33 bits per heavy atom. The maximum Gasteiger partial charge on any atom is 0.425 e. The number of fused-ring (bicyclic) bond motifs is 1. The minimum absolute atomic E-state index is 0.102. The summed E-state index contributed by atoms with van der Waals surface area (Å²) in [5.41, 5.74) is 4.46. The topological polar surface area (TPSA) is 90.8 Å². The van der Waals surface area contributed by atoms with Crippen LogP contribution < -0.4 is 10.7 Å². The highest BCUT2D eigenvalue weighted by molar-refractivity contribution is 6.53. The molecule has 6 nitrogen and oxygen atoms in total. The highest BCUT2D eigenvalue weighted by Gasteiger charge is 2.26. The first kappa shape index (κ1) is 15.0. The molecule has 1 heterocycles. The summed E-state index contributed by atoms with van der Waals surface area (Å²) in [5, 5.41) is 14.9. The molecule has 0 saturated heterocycles. The van der Waals surface area contributed by atoms with Gasteiger partial charge in [-0.25, -0.2) is 10.2 Å². The monoisotopic (exact) mass is 289 g/mol. The molecule has 0 radical (unpaired) electrons. The number of hydrogen-bond acceptors (Lipinski definition) is 3. The molecule has 0 aromatic heterocycles. The molecule has 1 aliphatic rings. The largest absolute Gasteiger partial charge is 0.464 e. The van der Waals surface area contributed by atoms with Gasteiger partial charge in [0.1, 0.15) is 0 Å². The van der Waals surface area contributed by atoms with Crippen molar-refractivity contribution in [2.45, 2.75) is 39.0 Å². The van der Waals surface area contributed by atoms with Crippen molar-refractivity contribution in [3.05, 3.63) is 29.3 Å². The van der Waals surface area contributed by atoms with Crippen molar-refractivity contribution in [3.63, 3.8) is 0 Å². The fraction of sp³-hybridized carbons (Fsp3) is 0.400. The first-order chi connectivity index (χ1) is 10.1. The first-order valence-corrected chi connectivity index (χ1v) is 7.13. The smallest absolute Gasteiger partial charge is 0.425 e. The second-order valence-electron chi connectivity index (χ2n) is 5.02. The molecule has 0 fully saturated rings. The number of carbonyl (C=O) groups is 2. The lowest BCUT2D eigenvalue weighted by Gasteiger charge is -2.04. The van der Waals surface area contributed by atoms with Gasteiger partial charge in [-0.15, -0.1) is 0 Å². The van der Waals surface area contributed by atoms with E-state index >= 15 is 0 Å². The second-order valence-corrected chi connectivity index (χ2v) is 5.02. The van der Waals surface area contributed by atoms with Crippen LogP contribution in [0.15, 0.2) is 23.3 Å². The summed E-state index contributed by atoms with van der Waals surface area (Å²) in [6, 6.07) is 5.70. The maximum atomic E-state index is 11.8. The normalized spacial score (nSPS) is 14.9. The molecule has 3 N–H and O–H groups in total. The fourth-order valence-electron chi connectivity index (χ4n) is 2.33. The first-order valence-electron chi connectivity index (χ1n) is 7.13. The van der Waals surface area contributed by atoms with Gasteiger partial charge in [0.2, 0.25) is 0 Å². The Labute approximate surface area is 123 Å². The number of nitrogens with zero attached hydrogens (tertiary/aromatic N) is 1. The summed E-state index contributed by atoms with van der Waals surface area (Å²) in [6.07, 6.45) is 4.45. The van der Waals surface area contributed by atoms with Gasteiger partial charge in [0.05, 0.1) is 5.69 Å². The molecule has 2 rings (SSSR count). The van der Waals surface area contributed by atoms with Crippen molar-refractivity contribution in [2.24, 2.45) is 5.10 Å². The molecule has 1 aromatic rings. The third kappa shape index (κ3) is 3.81. The molecule has 1 aromatic carbocycles. The zero-order valence-corrected chi connectivity index (χ0v) is 12.0. The molecule has 0 unspecified atom stereocenters. The van der Waals surface area contributed by atoms with E-state index in [0.29, 0.717) is 11.3 Å². The Morgan fingerprint density at radius 3 is 2.86 bits per heavy atom. The van der Waals surface area contributed by atoms with Gasteiger partial charge in [0.25, 0.3) is 5.91 Å². The molecule has 0 bridgehead atoms. The van der Waals surface area contributed by atoms with E-state index in [-0.39, 0.29) is 11.6 Å². The van der Waals surface area contributed by atoms with Gasteiger partial charge in [0, 0.05) is 5.56 Å². The number of carboxylic acid groups (broad SMARTS) is 1. The van der Waals surface area contributed by atoms with E-state index in [9.17, 15) is 9.59 Å². The van der Waals surface area contributed by atoms with Crippen molar-refractivity contribution >= 4 is 23.4 Å². The number of benzene rings is 1. The van der Waals surface area contributed by atoms with Gasteiger partial charge in [0.15, 0.2) is 5.71 Å². The van der Waals surface area contributed by atoms with Crippen LogP contribution in [0.5, 0.6) is 0 Å². The molecule has 0 spiro atoms. The summed E-state index contributed by atoms with van der Waals surface area (Å²) in [4.78, 5) is 22.2. The number of unbranched alkanes of at least 4 members (excludes halogenated alkanes) is 3. The third-order valence-electron chi connectivity index (χ3n) is 3.38. The Kier molecular flexibility index (Phi) is 4.92. The molecule has 1 aliphatic heterocycles. The fourth-order valence-corrected chi connectivity index (χ4v) is 2.33. The second kappa shape index (κ2) is 6.88. The number of nitrogens with one attached hydrogen (secondary N) is 2. The lowest BCUT2D eigenvalue weighted by molar-refractivity contribution is -0.110. The van der Waals surface area contributed by atoms with E-state index in [1.807, 2.05) is 23.6 Å². The Hall–Kier alpha value is -2.37. The van der Waals surface area contributed by atoms with E-state index in [4.69, 9.17) is 5.11 Å². The number of rotatable bonds is 6.